The summed E-state index contributed by atoms with van der Waals surface area (Å²) < 4.78 is 0. The molecule has 0 saturated carbocycles. The minimum Gasteiger partial charge on any atom is -0.314 e. The Labute approximate surface area is 69.4 Å². The highest BCUT2D eigenvalue weighted by atomic mass is 16.1. The lowest BCUT2D eigenvalue weighted by molar-refractivity contribution is -0.107. The molecule has 0 spiro atoms. The van der Waals surface area contributed by atoms with Crippen molar-refractivity contribution in [3.63, 3.8) is 0 Å². The van der Waals surface area contributed by atoms with E-state index in [1.54, 1.807) is 0 Å². The summed E-state index contributed by atoms with van der Waals surface area (Å²) in [5.41, 5.74) is 0. The molecule has 66 valence electrons. The maximum Gasteiger partial charge on any atom is 0.120 e. The molecule has 2 nitrogen and oxygen atoms in total. The zero-order valence-electron chi connectivity index (χ0n) is 7.60. The summed E-state index contributed by atoms with van der Waals surface area (Å²) in [6.45, 7) is 5.34. The minimum absolute atomic E-state index is 0.640. The Balaban J connectivity index is 3.13. The highest BCUT2D eigenvalue weighted by molar-refractivity contribution is 5.48. The Morgan fingerprint density at radius 2 is 2.00 bits per heavy atom. The van der Waals surface area contributed by atoms with Crippen molar-refractivity contribution in [2.45, 2.75) is 45.6 Å². The van der Waals surface area contributed by atoms with E-state index in [4.69, 9.17) is 0 Å². The van der Waals surface area contributed by atoms with E-state index in [-0.39, 0.29) is 0 Å². The SMILES string of the molecule is CCC(CC)NCCCC=O. The second-order valence-corrected chi connectivity index (χ2v) is 2.78. The van der Waals surface area contributed by atoms with Gasteiger partial charge in [-0.25, -0.2) is 0 Å². The van der Waals surface area contributed by atoms with Crippen LogP contribution in [0.5, 0.6) is 0 Å². The van der Waals surface area contributed by atoms with Gasteiger partial charge in [-0.2, -0.15) is 0 Å². The van der Waals surface area contributed by atoms with Gasteiger partial charge in [-0.1, -0.05) is 13.8 Å². The summed E-state index contributed by atoms with van der Waals surface area (Å²) in [7, 11) is 0. The van der Waals surface area contributed by atoms with Crippen LogP contribution in [0, 0.1) is 0 Å². The molecular formula is C9H19NO. The molecule has 0 rings (SSSR count). The molecule has 11 heavy (non-hydrogen) atoms. The summed E-state index contributed by atoms with van der Waals surface area (Å²) in [5, 5.41) is 3.40. The Hall–Kier alpha value is -0.370. The number of hydrogen-bond donors (Lipinski definition) is 1. The predicted octanol–water partition coefficient (Wildman–Crippen LogP) is 1.74. The number of carbonyl (C=O) groups is 1. The molecule has 2 heteroatoms. The third-order valence-electron chi connectivity index (χ3n) is 1.92. The topological polar surface area (TPSA) is 29.1 Å². The molecule has 0 atom stereocenters. The maximum atomic E-state index is 9.96. The van der Waals surface area contributed by atoms with Crippen molar-refractivity contribution in [3.05, 3.63) is 0 Å². The van der Waals surface area contributed by atoms with Crippen LogP contribution in [0.25, 0.3) is 0 Å². The molecule has 0 aromatic rings. The number of rotatable bonds is 7. The molecule has 0 aliphatic carbocycles. The zero-order valence-corrected chi connectivity index (χ0v) is 7.60. The van der Waals surface area contributed by atoms with Crippen LogP contribution in [0.15, 0.2) is 0 Å². The fourth-order valence-electron chi connectivity index (χ4n) is 1.07. The zero-order chi connectivity index (χ0) is 8.53. The average molecular weight is 157 g/mol. The van der Waals surface area contributed by atoms with Gasteiger partial charge in [0, 0.05) is 12.5 Å². The average Bonchev–Trinajstić information content (AvgIpc) is 2.05. The highest BCUT2D eigenvalue weighted by Crippen LogP contribution is 1.95. The van der Waals surface area contributed by atoms with Gasteiger partial charge in [0.05, 0.1) is 0 Å². The van der Waals surface area contributed by atoms with Gasteiger partial charge in [-0.3, -0.25) is 0 Å². The van der Waals surface area contributed by atoms with Crippen LogP contribution in [-0.2, 0) is 4.79 Å². The summed E-state index contributed by atoms with van der Waals surface area (Å²) >= 11 is 0. The molecule has 0 radical (unpaired) electrons. The fraction of sp³-hybridized carbons (Fsp3) is 0.889. The van der Waals surface area contributed by atoms with Crippen molar-refractivity contribution in [3.8, 4) is 0 Å². The molecule has 0 bridgehead atoms. The first-order chi connectivity index (χ1) is 5.35. The van der Waals surface area contributed by atoms with Gasteiger partial charge < -0.3 is 10.1 Å². The van der Waals surface area contributed by atoms with E-state index >= 15 is 0 Å². The van der Waals surface area contributed by atoms with Gasteiger partial charge in [-0.15, -0.1) is 0 Å². The van der Waals surface area contributed by atoms with Gasteiger partial charge in [-0.05, 0) is 25.8 Å². The van der Waals surface area contributed by atoms with Crippen LogP contribution in [0.2, 0.25) is 0 Å². The largest absolute Gasteiger partial charge is 0.314 e. The monoisotopic (exact) mass is 157 g/mol. The van der Waals surface area contributed by atoms with E-state index < -0.39 is 0 Å². The Bertz CT molecular complexity index is 89.6. The van der Waals surface area contributed by atoms with Gasteiger partial charge >= 0.3 is 0 Å². The smallest absolute Gasteiger partial charge is 0.120 e. The van der Waals surface area contributed by atoms with Gasteiger partial charge in [0.25, 0.3) is 0 Å². The first-order valence-electron chi connectivity index (χ1n) is 4.52. The van der Waals surface area contributed by atoms with Crippen LogP contribution in [0.4, 0.5) is 0 Å². The number of aldehydes is 1. The lowest BCUT2D eigenvalue weighted by Gasteiger charge is -2.13. The number of unbranched alkanes of at least 4 members (excludes halogenated alkanes) is 1. The highest BCUT2D eigenvalue weighted by Gasteiger charge is 1.99. The Morgan fingerprint density at radius 1 is 1.36 bits per heavy atom. The third kappa shape index (κ3) is 6.05. The molecule has 0 heterocycles. The van der Waals surface area contributed by atoms with Gasteiger partial charge in [0.2, 0.25) is 0 Å². The van der Waals surface area contributed by atoms with E-state index in [1.807, 2.05) is 0 Å². The first-order valence-corrected chi connectivity index (χ1v) is 4.52. The van der Waals surface area contributed by atoms with Gasteiger partial charge in [0.1, 0.15) is 6.29 Å². The van der Waals surface area contributed by atoms with E-state index in [0.717, 1.165) is 19.3 Å². The van der Waals surface area contributed by atoms with Crippen molar-refractivity contribution in [2.24, 2.45) is 0 Å². The van der Waals surface area contributed by atoms with Crippen molar-refractivity contribution < 1.29 is 4.79 Å². The lowest BCUT2D eigenvalue weighted by Crippen LogP contribution is -2.28. The molecular weight excluding hydrogens is 138 g/mol. The minimum atomic E-state index is 0.640. The van der Waals surface area contributed by atoms with Crippen molar-refractivity contribution in [1.29, 1.82) is 0 Å². The molecule has 0 aliphatic rings. The van der Waals surface area contributed by atoms with Crippen LogP contribution < -0.4 is 5.32 Å². The third-order valence-corrected chi connectivity index (χ3v) is 1.92. The standard InChI is InChI=1S/C9H19NO/c1-3-9(4-2)10-7-5-6-8-11/h8-10H,3-7H2,1-2H3. The number of carbonyl (C=O) groups excluding carboxylic acids is 1. The Kier molecular flexibility index (Phi) is 7.47. The summed E-state index contributed by atoms with van der Waals surface area (Å²) in [6.07, 6.45) is 5.00. The van der Waals surface area contributed by atoms with Crippen LogP contribution >= 0.6 is 0 Å². The van der Waals surface area contributed by atoms with E-state index in [0.29, 0.717) is 12.5 Å². The van der Waals surface area contributed by atoms with Crippen LogP contribution in [0.3, 0.4) is 0 Å². The fourth-order valence-corrected chi connectivity index (χ4v) is 1.07. The molecule has 0 aromatic heterocycles. The summed E-state index contributed by atoms with van der Waals surface area (Å²) in [5.74, 6) is 0. The second-order valence-electron chi connectivity index (χ2n) is 2.78. The summed E-state index contributed by atoms with van der Waals surface area (Å²) in [4.78, 5) is 9.96. The van der Waals surface area contributed by atoms with E-state index in [2.05, 4.69) is 19.2 Å². The second kappa shape index (κ2) is 7.73. The van der Waals surface area contributed by atoms with Gasteiger partial charge in [0.15, 0.2) is 0 Å². The lowest BCUT2D eigenvalue weighted by atomic mass is 10.1. The predicted molar refractivity (Wildman–Crippen MR) is 47.7 cm³/mol. The number of hydrogen-bond acceptors (Lipinski definition) is 2. The molecule has 0 unspecified atom stereocenters. The van der Waals surface area contributed by atoms with E-state index in [9.17, 15) is 4.79 Å². The first kappa shape index (κ1) is 10.6. The quantitative estimate of drug-likeness (QED) is 0.450. The summed E-state index contributed by atoms with van der Waals surface area (Å²) in [6, 6.07) is 0.640. The molecule has 0 aromatic carbocycles. The number of nitrogens with one attached hydrogen (secondary N) is 1. The maximum absolute atomic E-state index is 9.96. The normalized spacial score (nSPS) is 10.5. The Morgan fingerprint density at radius 3 is 2.45 bits per heavy atom. The molecule has 1 N–H and O–H groups in total. The van der Waals surface area contributed by atoms with Crippen molar-refractivity contribution >= 4 is 6.29 Å². The molecule has 0 saturated heterocycles. The molecule has 0 amide bonds. The molecule has 0 aliphatic heterocycles. The van der Waals surface area contributed by atoms with Crippen molar-refractivity contribution in [2.75, 3.05) is 6.54 Å². The van der Waals surface area contributed by atoms with Crippen molar-refractivity contribution in [1.82, 2.24) is 5.32 Å². The molecule has 0 fully saturated rings. The van der Waals surface area contributed by atoms with E-state index in [1.165, 1.54) is 12.8 Å². The van der Waals surface area contributed by atoms with Crippen LogP contribution in [0.1, 0.15) is 39.5 Å². The van der Waals surface area contributed by atoms with Crippen LogP contribution in [-0.4, -0.2) is 18.9 Å².